The molecule has 0 aliphatic heterocycles. The minimum absolute atomic E-state index is 0.0890. The molecule has 1 atom stereocenters. The highest BCUT2D eigenvalue weighted by molar-refractivity contribution is 5.82. The maximum atomic E-state index is 12.3. The van der Waals surface area contributed by atoms with Gasteiger partial charge < -0.3 is 15.8 Å². The summed E-state index contributed by atoms with van der Waals surface area (Å²) in [5.74, 6) is -0.0890. The van der Waals surface area contributed by atoms with Gasteiger partial charge in [0.25, 0.3) is 0 Å². The molecule has 4 nitrogen and oxygen atoms in total. The van der Waals surface area contributed by atoms with E-state index in [9.17, 15) is 4.79 Å². The summed E-state index contributed by atoms with van der Waals surface area (Å²) in [4.78, 5) is 12.3. The molecule has 22 heavy (non-hydrogen) atoms. The zero-order valence-electron chi connectivity index (χ0n) is 13.5. The number of ether oxygens (including phenoxy) is 1. The molecule has 1 fully saturated rings. The molecule has 4 heteroatoms. The van der Waals surface area contributed by atoms with Crippen LogP contribution in [0.25, 0.3) is 0 Å². The summed E-state index contributed by atoms with van der Waals surface area (Å²) < 4.78 is 5.51. The lowest BCUT2D eigenvalue weighted by molar-refractivity contribution is -0.123. The van der Waals surface area contributed by atoms with Crippen LogP contribution in [0.4, 0.5) is 0 Å². The number of carbonyl (C=O) groups is 1. The van der Waals surface area contributed by atoms with Gasteiger partial charge in [-0.1, -0.05) is 43.2 Å². The highest BCUT2D eigenvalue weighted by Gasteiger charge is 2.34. The van der Waals surface area contributed by atoms with E-state index >= 15 is 0 Å². The van der Waals surface area contributed by atoms with Crippen LogP contribution in [0.3, 0.4) is 0 Å². The minimum Gasteiger partial charge on any atom is -0.382 e. The maximum Gasteiger partial charge on any atom is 0.241 e. The first-order valence-electron chi connectivity index (χ1n) is 8.33. The van der Waals surface area contributed by atoms with Crippen LogP contribution in [-0.2, 0) is 9.53 Å². The molecule has 0 spiro atoms. The second-order valence-electron chi connectivity index (χ2n) is 6.26. The predicted octanol–water partition coefficient (Wildman–Crippen LogP) is 2.79. The van der Waals surface area contributed by atoms with Crippen molar-refractivity contribution in [1.82, 2.24) is 5.32 Å². The summed E-state index contributed by atoms with van der Waals surface area (Å²) in [5.41, 5.74) is 7.10. The molecule has 122 valence electrons. The highest BCUT2D eigenvalue weighted by atomic mass is 16.5. The smallest absolute Gasteiger partial charge is 0.241 e. The van der Waals surface area contributed by atoms with Gasteiger partial charge in [-0.2, -0.15) is 0 Å². The van der Waals surface area contributed by atoms with Crippen LogP contribution < -0.4 is 11.1 Å². The molecule has 1 aliphatic rings. The van der Waals surface area contributed by atoms with Crippen molar-refractivity contribution >= 4 is 5.91 Å². The van der Waals surface area contributed by atoms with E-state index in [1.165, 1.54) is 25.7 Å². The molecule has 2 rings (SSSR count). The van der Waals surface area contributed by atoms with Gasteiger partial charge in [0.2, 0.25) is 5.91 Å². The van der Waals surface area contributed by atoms with Crippen LogP contribution in [0.15, 0.2) is 30.3 Å². The summed E-state index contributed by atoms with van der Waals surface area (Å²) in [6, 6.07) is 8.93. The molecule has 1 unspecified atom stereocenters. The summed E-state index contributed by atoms with van der Waals surface area (Å²) in [7, 11) is 0. The third-order valence-corrected chi connectivity index (χ3v) is 4.72. The van der Waals surface area contributed by atoms with E-state index in [4.69, 9.17) is 10.5 Å². The Morgan fingerprint density at radius 1 is 1.32 bits per heavy atom. The van der Waals surface area contributed by atoms with E-state index in [1.54, 1.807) is 0 Å². The van der Waals surface area contributed by atoms with Crippen molar-refractivity contribution in [3.05, 3.63) is 35.9 Å². The van der Waals surface area contributed by atoms with Crippen molar-refractivity contribution < 1.29 is 9.53 Å². The molecule has 1 aromatic carbocycles. The van der Waals surface area contributed by atoms with Crippen molar-refractivity contribution in [2.45, 2.75) is 45.1 Å². The SMILES string of the molecule is CCOCCC1(CNC(=O)C(N)c2ccccc2)CCCC1. The normalized spacial score (nSPS) is 18.1. The maximum absolute atomic E-state index is 12.3. The minimum atomic E-state index is -0.591. The summed E-state index contributed by atoms with van der Waals surface area (Å²) in [6.45, 7) is 4.25. The van der Waals surface area contributed by atoms with Gasteiger partial charge >= 0.3 is 0 Å². The van der Waals surface area contributed by atoms with E-state index in [1.807, 2.05) is 37.3 Å². The quantitative estimate of drug-likeness (QED) is 0.726. The number of nitrogens with one attached hydrogen (secondary N) is 1. The fraction of sp³-hybridized carbons (Fsp3) is 0.611. The first-order valence-corrected chi connectivity index (χ1v) is 8.33. The number of hydrogen-bond donors (Lipinski definition) is 2. The average Bonchev–Trinajstić information content (AvgIpc) is 3.02. The van der Waals surface area contributed by atoms with Gasteiger partial charge in [-0.25, -0.2) is 0 Å². The topological polar surface area (TPSA) is 64.3 Å². The molecular formula is C18H28N2O2. The predicted molar refractivity (Wildman–Crippen MR) is 88.4 cm³/mol. The third kappa shape index (κ3) is 4.55. The number of nitrogens with two attached hydrogens (primary N) is 1. The molecule has 1 amide bonds. The molecule has 1 saturated carbocycles. The van der Waals surface area contributed by atoms with Gasteiger partial charge in [-0.3, -0.25) is 4.79 Å². The van der Waals surface area contributed by atoms with Crippen molar-refractivity contribution in [2.75, 3.05) is 19.8 Å². The fourth-order valence-electron chi connectivity index (χ4n) is 3.27. The lowest BCUT2D eigenvalue weighted by atomic mass is 9.83. The van der Waals surface area contributed by atoms with Crippen LogP contribution in [0, 0.1) is 5.41 Å². The molecule has 1 aliphatic carbocycles. The largest absolute Gasteiger partial charge is 0.382 e. The standard InChI is InChI=1S/C18H28N2O2/c1-2-22-13-12-18(10-6-7-11-18)14-20-17(21)16(19)15-8-4-3-5-9-15/h3-5,8-9,16H,2,6-7,10-14,19H2,1H3,(H,20,21). The molecule has 3 N–H and O–H groups in total. The van der Waals surface area contributed by atoms with E-state index in [0.717, 1.165) is 25.2 Å². The molecule has 0 radical (unpaired) electrons. The monoisotopic (exact) mass is 304 g/mol. The summed E-state index contributed by atoms with van der Waals surface area (Å²) >= 11 is 0. The second-order valence-corrected chi connectivity index (χ2v) is 6.26. The van der Waals surface area contributed by atoms with Crippen molar-refractivity contribution in [3.63, 3.8) is 0 Å². The van der Waals surface area contributed by atoms with Gasteiger partial charge in [0.15, 0.2) is 0 Å². The van der Waals surface area contributed by atoms with Gasteiger partial charge in [-0.05, 0) is 37.2 Å². The Morgan fingerprint density at radius 3 is 2.64 bits per heavy atom. The Kier molecular flexibility index (Phi) is 6.40. The molecule has 0 aromatic heterocycles. The van der Waals surface area contributed by atoms with Crippen LogP contribution in [0.2, 0.25) is 0 Å². The number of rotatable bonds is 8. The average molecular weight is 304 g/mol. The molecule has 1 aromatic rings. The molecule has 0 bridgehead atoms. The number of carbonyl (C=O) groups excluding carboxylic acids is 1. The zero-order valence-corrected chi connectivity index (χ0v) is 13.5. The van der Waals surface area contributed by atoms with E-state index in [2.05, 4.69) is 5.32 Å². The van der Waals surface area contributed by atoms with Crippen molar-refractivity contribution in [2.24, 2.45) is 11.1 Å². The van der Waals surface area contributed by atoms with E-state index in [0.29, 0.717) is 6.54 Å². The Morgan fingerprint density at radius 2 is 2.00 bits per heavy atom. The summed E-state index contributed by atoms with van der Waals surface area (Å²) in [5, 5.41) is 3.07. The van der Waals surface area contributed by atoms with Crippen LogP contribution in [-0.4, -0.2) is 25.7 Å². The van der Waals surface area contributed by atoms with E-state index < -0.39 is 6.04 Å². The van der Waals surface area contributed by atoms with Crippen LogP contribution in [0.5, 0.6) is 0 Å². The highest BCUT2D eigenvalue weighted by Crippen LogP contribution is 2.40. The third-order valence-electron chi connectivity index (χ3n) is 4.72. The second kappa shape index (κ2) is 8.30. The fourth-order valence-corrected chi connectivity index (χ4v) is 3.27. The van der Waals surface area contributed by atoms with Gasteiger partial charge in [0.1, 0.15) is 6.04 Å². The molecule has 0 heterocycles. The number of amides is 1. The summed E-state index contributed by atoms with van der Waals surface area (Å²) in [6.07, 6.45) is 5.84. The van der Waals surface area contributed by atoms with E-state index in [-0.39, 0.29) is 11.3 Å². The Hall–Kier alpha value is -1.39. The first kappa shape index (κ1) is 17.0. The molecular weight excluding hydrogens is 276 g/mol. The van der Waals surface area contributed by atoms with Crippen LogP contribution >= 0.6 is 0 Å². The number of benzene rings is 1. The van der Waals surface area contributed by atoms with Gasteiger partial charge in [-0.15, -0.1) is 0 Å². The lowest BCUT2D eigenvalue weighted by Gasteiger charge is -2.29. The number of hydrogen-bond acceptors (Lipinski definition) is 3. The van der Waals surface area contributed by atoms with Crippen LogP contribution in [0.1, 0.15) is 50.6 Å². The Balaban J connectivity index is 1.87. The van der Waals surface area contributed by atoms with Crippen molar-refractivity contribution in [1.29, 1.82) is 0 Å². The molecule has 0 saturated heterocycles. The van der Waals surface area contributed by atoms with Gasteiger partial charge in [0, 0.05) is 19.8 Å². The first-order chi connectivity index (χ1) is 10.7. The Labute approximate surface area is 133 Å². The lowest BCUT2D eigenvalue weighted by Crippen LogP contribution is -2.41. The zero-order chi connectivity index (χ0) is 15.8. The van der Waals surface area contributed by atoms with Crippen molar-refractivity contribution in [3.8, 4) is 0 Å². The Bertz CT molecular complexity index is 455. The van der Waals surface area contributed by atoms with Gasteiger partial charge in [0.05, 0.1) is 0 Å².